The van der Waals surface area contributed by atoms with Gasteiger partial charge in [-0.05, 0) is 61.1 Å². The molecule has 19 heavy (non-hydrogen) atoms. The second kappa shape index (κ2) is 5.35. The molecule has 0 aliphatic heterocycles. The van der Waals surface area contributed by atoms with Crippen molar-refractivity contribution in [2.75, 3.05) is 0 Å². The van der Waals surface area contributed by atoms with Crippen LogP contribution in [-0.4, -0.2) is 0 Å². The number of hydrogen-bond donors (Lipinski definition) is 1. The van der Waals surface area contributed by atoms with Crippen molar-refractivity contribution in [3.8, 4) is 0 Å². The van der Waals surface area contributed by atoms with Crippen LogP contribution in [0, 0.1) is 5.82 Å². The summed E-state index contributed by atoms with van der Waals surface area (Å²) in [6.45, 7) is 0. The molecule has 0 saturated carbocycles. The Morgan fingerprint density at radius 1 is 1.32 bits per heavy atom. The van der Waals surface area contributed by atoms with Crippen LogP contribution in [0.3, 0.4) is 0 Å². The molecule has 1 unspecified atom stereocenters. The number of halogens is 2. The van der Waals surface area contributed by atoms with E-state index in [-0.39, 0.29) is 11.9 Å². The molecule has 0 bridgehead atoms. The SMILES string of the molecule is NC(Cc1cc(F)ccc1Br)c1cc2c(s1)CCC2. The zero-order valence-corrected chi connectivity index (χ0v) is 12.9. The maximum absolute atomic E-state index is 13.3. The topological polar surface area (TPSA) is 26.0 Å². The van der Waals surface area contributed by atoms with Gasteiger partial charge in [-0.1, -0.05) is 15.9 Å². The Kier molecular flexibility index (Phi) is 3.74. The summed E-state index contributed by atoms with van der Waals surface area (Å²) in [7, 11) is 0. The lowest BCUT2D eigenvalue weighted by Gasteiger charge is -2.11. The van der Waals surface area contributed by atoms with Gasteiger partial charge >= 0.3 is 0 Å². The largest absolute Gasteiger partial charge is 0.323 e. The molecule has 0 radical (unpaired) electrons. The average molecular weight is 340 g/mol. The summed E-state index contributed by atoms with van der Waals surface area (Å²) in [5.74, 6) is -0.209. The van der Waals surface area contributed by atoms with Crippen molar-refractivity contribution in [3.63, 3.8) is 0 Å². The van der Waals surface area contributed by atoms with Gasteiger partial charge in [0.15, 0.2) is 0 Å². The number of rotatable bonds is 3. The van der Waals surface area contributed by atoms with Gasteiger partial charge in [0.1, 0.15) is 5.82 Å². The highest BCUT2D eigenvalue weighted by molar-refractivity contribution is 9.10. The number of fused-ring (bicyclic) bond motifs is 1. The lowest BCUT2D eigenvalue weighted by molar-refractivity contribution is 0.622. The van der Waals surface area contributed by atoms with Gasteiger partial charge in [-0.3, -0.25) is 0 Å². The summed E-state index contributed by atoms with van der Waals surface area (Å²) in [4.78, 5) is 2.71. The second-order valence-corrected chi connectivity index (χ2v) is 7.02. The summed E-state index contributed by atoms with van der Waals surface area (Å²) in [5, 5.41) is 0. The number of aryl methyl sites for hydroxylation is 2. The van der Waals surface area contributed by atoms with E-state index in [2.05, 4.69) is 22.0 Å². The highest BCUT2D eigenvalue weighted by Crippen LogP contribution is 2.34. The summed E-state index contributed by atoms with van der Waals surface area (Å²) >= 11 is 5.28. The van der Waals surface area contributed by atoms with Gasteiger partial charge in [0.25, 0.3) is 0 Å². The van der Waals surface area contributed by atoms with E-state index < -0.39 is 0 Å². The van der Waals surface area contributed by atoms with Crippen molar-refractivity contribution >= 4 is 27.3 Å². The number of thiophene rings is 1. The monoisotopic (exact) mass is 339 g/mol. The Hall–Kier alpha value is -0.710. The van der Waals surface area contributed by atoms with E-state index in [9.17, 15) is 4.39 Å². The Morgan fingerprint density at radius 3 is 2.95 bits per heavy atom. The normalized spacial score (nSPS) is 15.5. The molecule has 1 aromatic heterocycles. The highest BCUT2D eigenvalue weighted by atomic mass is 79.9. The predicted octanol–water partition coefficient (Wildman–Crippen LogP) is 4.38. The van der Waals surface area contributed by atoms with Crippen LogP contribution in [0.25, 0.3) is 0 Å². The number of nitrogens with two attached hydrogens (primary N) is 1. The van der Waals surface area contributed by atoms with Crippen molar-refractivity contribution in [1.29, 1.82) is 0 Å². The Bertz CT molecular complexity index is 587. The van der Waals surface area contributed by atoms with Gasteiger partial charge in [-0.15, -0.1) is 11.3 Å². The fraction of sp³-hybridized carbons (Fsp3) is 0.333. The van der Waals surface area contributed by atoms with Crippen LogP contribution in [0.4, 0.5) is 4.39 Å². The first-order valence-corrected chi connectivity index (χ1v) is 8.05. The zero-order chi connectivity index (χ0) is 13.4. The standard InChI is InChI=1S/C15H15BrFNS/c16-12-5-4-11(17)6-10(12)7-13(18)15-8-9-2-1-3-14(9)19-15/h4-6,8,13H,1-3,7,18H2. The molecule has 1 aliphatic carbocycles. The van der Waals surface area contributed by atoms with E-state index in [1.807, 2.05) is 11.3 Å². The quantitative estimate of drug-likeness (QED) is 0.882. The maximum Gasteiger partial charge on any atom is 0.123 e. The Balaban J connectivity index is 1.80. The van der Waals surface area contributed by atoms with Gasteiger partial charge in [-0.25, -0.2) is 4.39 Å². The van der Waals surface area contributed by atoms with Crippen molar-refractivity contribution in [3.05, 3.63) is 55.4 Å². The highest BCUT2D eigenvalue weighted by Gasteiger charge is 2.19. The van der Waals surface area contributed by atoms with Crippen molar-refractivity contribution < 1.29 is 4.39 Å². The molecular weight excluding hydrogens is 325 g/mol. The summed E-state index contributed by atoms with van der Waals surface area (Å²) in [5.41, 5.74) is 8.67. The fourth-order valence-corrected chi connectivity index (χ4v) is 4.24. The van der Waals surface area contributed by atoms with Crippen molar-refractivity contribution in [1.82, 2.24) is 0 Å². The molecule has 1 aromatic carbocycles. The van der Waals surface area contributed by atoms with E-state index in [1.165, 1.54) is 40.6 Å². The van der Waals surface area contributed by atoms with E-state index in [4.69, 9.17) is 5.73 Å². The summed E-state index contributed by atoms with van der Waals surface area (Å²) < 4.78 is 14.2. The maximum atomic E-state index is 13.3. The molecule has 3 rings (SSSR count). The van der Waals surface area contributed by atoms with Crippen LogP contribution in [0.1, 0.15) is 33.3 Å². The lowest BCUT2D eigenvalue weighted by Crippen LogP contribution is -2.12. The first kappa shape index (κ1) is 13.3. The van der Waals surface area contributed by atoms with E-state index in [0.29, 0.717) is 6.42 Å². The molecule has 0 saturated heterocycles. The molecule has 100 valence electrons. The summed E-state index contributed by atoms with van der Waals surface area (Å²) in [6, 6.07) is 6.95. The van der Waals surface area contributed by atoms with Gasteiger partial charge in [0, 0.05) is 20.3 Å². The van der Waals surface area contributed by atoms with Crippen LogP contribution in [0.15, 0.2) is 28.7 Å². The van der Waals surface area contributed by atoms with Crippen molar-refractivity contribution in [2.45, 2.75) is 31.7 Å². The minimum Gasteiger partial charge on any atom is -0.323 e. The summed E-state index contributed by atoms with van der Waals surface area (Å²) in [6.07, 6.45) is 4.31. The minimum atomic E-state index is -0.209. The molecule has 4 heteroatoms. The third kappa shape index (κ3) is 2.76. The van der Waals surface area contributed by atoms with Crippen molar-refractivity contribution in [2.24, 2.45) is 5.73 Å². The van der Waals surface area contributed by atoms with Gasteiger partial charge in [0.05, 0.1) is 0 Å². The third-order valence-electron chi connectivity index (χ3n) is 3.58. The number of benzene rings is 1. The van der Waals surface area contributed by atoms with Crippen LogP contribution in [0.5, 0.6) is 0 Å². The first-order chi connectivity index (χ1) is 9.13. The fourth-order valence-electron chi connectivity index (χ4n) is 2.57. The van der Waals surface area contributed by atoms with Gasteiger partial charge in [0.2, 0.25) is 0 Å². The molecule has 0 spiro atoms. The predicted molar refractivity (Wildman–Crippen MR) is 81.1 cm³/mol. The lowest BCUT2D eigenvalue weighted by atomic mass is 10.0. The molecule has 0 fully saturated rings. The van der Waals surface area contributed by atoms with Crippen LogP contribution >= 0.6 is 27.3 Å². The molecule has 1 nitrogen and oxygen atoms in total. The number of hydrogen-bond acceptors (Lipinski definition) is 2. The molecule has 1 atom stereocenters. The van der Waals surface area contributed by atoms with Gasteiger partial charge < -0.3 is 5.73 Å². The Labute approximate surface area is 124 Å². The first-order valence-electron chi connectivity index (χ1n) is 6.44. The van der Waals surface area contributed by atoms with E-state index >= 15 is 0 Å². The molecule has 2 N–H and O–H groups in total. The molecule has 0 amide bonds. The molecule has 2 aromatic rings. The minimum absolute atomic E-state index is 0.0475. The van der Waals surface area contributed by atoms with E-state index in [0.717, 1.165) is 10.0 Å². The smallest absolute Gasteiger partial charge is 0.123 e. The third-order valence-corrected chi connectivity index (χ3v) is 5.72. The van der Waals surface area contributed by atoms with Crippen LogP contribution < -0.4 is 5.73 Å². The van der Waals surface area contributed by atoms with Crippen LogP contribution in [0.2, 0.25) is 0 Å². The van der Waals surface area contributed by atoms with Gasteiger partial charge in [-0.2, -0.15) is 0 Å². The van der Waals surface area contributed by atoms with Crippen LogP contribution in [-0.2, 0) is 19.3 Å². The molecular formula is C15H15BrFNS. The van der Waals surface area contributed by atoms with E-state index in [1.54, 1.807) is 12.1 Å². The average Bonchev–Trinajstić information content (AvgIpc) is 2.94. The molecule has 1 aliphatic rings. The zero-order valence-electron chi connectivity index (χ0n) is 10.5. The molecule has 1 heterocycles. The Morgan fingerprint density at radius 2 is 2.16 bits per heavy atom. The second-order valence-electron chi connectivity index (χ2n) is 5.00.